The molecule has 0 fully saturated rings. The normalized spacial score (nSPS) is 10.5. The first kappa shape index (κ1) is 12.0. The summed E-state index contributed by atoms with van der Waals surface area (Å²) in [6.45, 7) is 2.07. The lowest BCUT2D eigenvalue weighted by Gasteiger charge is -2.06. The van der Waals surface area contributed by atoms with Crippen LogP contribution in [-0.2, 0) is 5.75 Å². The monoisotopic (exact) mass is 247 g/mol. The van der Waals surface area contributed by atoms with Gasteiger partial charge >= 0.3 is 0 Å². The minimum Gasteiger partial charge on any atom is -0.398 e. The fourth-order valence-corrected chi connectivity index (χ4v) is 2.59. The van der Waals surface area contributed by atoms with E-state index in [1.54, 1.807) is 17.8 Å². The molecule has 2 aromatic carbocycles. The van der Waals surface area contributed by atoms with Crippen molar-refractivity contribution in [3.05, 3.63) is 59.4 Å². The van der Waals surface area contributed by atoms with Crippen molar-refractivity contribution >= 4 is 17.4 Å². The summed E-state index contributed by atoms with van der Waals surface area (Å²) in [5.41, 5.74) is 8.49. The van der Waals surface area contributed by atoms with Crippen molar-refractivity contribution in [3.63, 3.8) is 0 Å². The summed E-state index contributed by atoms with van der Waals surface area (Å²) < 4.78 is 12.9. The Labute approximate surface area is 105 Å². The Bertz CT molecular complexity index is 525. The Hall–Kier alpha value is -1.48. The Morgan fingerprint density at radius 3 is 2.71 bits per heavy atom. The van der Waals surface area contributed by atoms with Gasteiger partial charge in [-0.15, -0.1) is 11.8 Å². The van der Waals surface area contributed by atoms with E-state index >= 15 is 0 Å². The number of hydrogen-bond acceptors (Lipinski definition) is 2. The number of aryl methyl sites for hydroxylation is 1. The molecule has 1 nitrogen and oxygen atoms in total. The van der Waals surface area contributed by atoms with Gasteiger partial charge in [0, 0.05) is 16.3 Å². The van der Waals surface area contributed by atoms with Crippen LogP contribution in [0.25, 0.3) is 0 Å². The third-order valence-electron chi connectivity index (χ3n) is 2.49. The predicted octanol–water partition coefficient (Wildman–Crippen LogP) is 4.01. The first-order valence-electron chi connectivity index (χ1n) is 5.38. The van der Waals surface area contributed by atoms with Crippen LogP contribution in [0, 0.1) is 12.7 Å². The van der Waals surface area contributed by atoms with Gasteiger partial charge in [0.15, 0.2) is 0 Å². The zero-order valence-corrected chi connectivity index (χ0v) is 10.4. The van der Waals surface area contributed by atoms with E-state index in [2.05, 4.69) is 25.1 Å². The molecule has 0 unspecified atom stereocenters. The lowest BCUT2D eigenvalue weighted by molar-refractivity contribution is 0.628. The van der Waals surface area contributed by atoms with Gasteiger partial charge in [0.1, 0.15) is 5.82 Å². The number of nitrogens with two attached hydrogens (primary N) is 1. The Balaban J connectivity index is 2.07. The second kappa shape index (κ2) is 5.23. The van der Waals surface area contributed by atoms with Gasteiger partial charge in [0.05, 0.1) is 0 Å². The quantitative estimate of drug-likeness (QED) is 0.655. The van der Waals surface area contributed by atoms with Gasteiger partial charge in [-0.05, 0) is 36.8 Å². The lowest BCUT2D eigenvalue weighted by Crippen LogP contribution is -1.93. The highest BCUT2D eigenvalue weighted by atomic mass is 32.2. The van der Waals surface area contributed by atoms with E-state index in [1.165, 1.54) is 22.6 Å². The summed E-state index contributed by atoms with van der Waals surface area (Å²) in [7, 11) is 0. The third-order valence-corrected chi connectivity index (χ3v) is 3.53. The maximum absolute atomic E-state index is 12.9. The van der Waals surface area contributed by atoms with Crippen LogP contribution in [0.4, 0.5) is 10.1 Å². The highest BCUT2D eigenvalue weighted by molar-refractivity contribution is 7.98. The fraction of sp³-hybridized carbons (Fsp3) is 0.143. The third kappa shape index (κ3) is 3.24. The van der Waals surface area contributed by atoms with E-state index in [4.69, 9.17) is 5.73 Å². The summed E-state index contributed by atoms with van der Waals surface area (Å²) in [6.07, 6.45) is 0. The molecule has 0 bridgehead atoms. The summed E-state index contributed by atoms with van der Waals surface area (Å²) in [6, 6.07) is 12.9. The number of thioether (sulfide) groups is 1. The molecule has 0 atom stereocenters. The van der Waals surface area contributed by atoms with Crippen LogP contribution in [-0.4, -0.2) is 0 Å². The van der Waals surface area contributed by atoms with E-state index in [0.29, 0.717) is 5.69 Å². The van der Waals surface area contributed by atoms with E-state index in [9.17, 15) is 4.39 Å². The molecule has 3 heteroatoms. The van der Waals surface area contributed by atoms with E-state index < -0.39 is 0 Å². The number of rotatable bonds is 3. The van der Waals surface area contributed by atoms with Crippen LogP contribution in [0.5, 0.6) is 0 Å². The van der Waals surface area contributed by atoms with Gasteiger partial charge in [0.2, 0.25) is 0 Å². The molecule has 0 heterocycles. The van der Waals surface area contributed by atoms with E-state index in [1.807, 2.05) is 6.07 Å². The van der Waals surface area contributed by atoms with E-state index in [0.717, 1.165) is 11.3 Å². The summed E-state index contributed by atoms with van der Waals surface area (Å²) >= 11 is 1.71. The van der Waals surface area contributed by atoms with Crippen molar-refractivity contribution in [2.45, 2.75) is 17.6 Å². The molecule has 88 valence electrons. The summed E-state index contributed by atoms with van der Waals surface area (Å²) in [5.74, 6) is 0.474. The number of hydrogen-bond donors (Lipinski definition) is 1. The van der Waals surface area contributed by atoms with Crippen LogP contribution >= 0.6 is 11.8 Å². The van der Waals surface area contributed by atoms with Gasteiger partial charge in [-0.1, -0.05) is 23.8 Å². The highest BCUT2D eigenvalue weighted by Crippen LogP contribution is 2.26. The van der Waals surface area contributed by atoms with Crippen molar-refractivity contribution in [1.82, 2.24) is 0 Å². The van der Waals surface area contributed by atoms with Gasteiger partial charge in [-0.3, -0.25) is 0 Å². The molecule has 0 spiro atoms. The van der Waals surface area contributed by atoms with E-state index in [-0.39, 0.29) is 5.82 Å². The first-order chi connectivity index (χ1) is 8.15. The van der Waals surface area contributed by atoms with Crippen molar-refractivity contribution < 1.29 is 4.39 Å². The maximum atomic E-state index is 12.9. The van der Waals surface area contributed by atoms with Crippen LogP contribution < -0.4 is 5.73 Å². The summed E-state index contributed by atoms with van der Waals surface area (Å²) in [4.78, 5) is 1.20. The molecule has 0 saturated carbocycles. The molecule has 0 aliphatic heterocycles. The molecule has 0 aliphatic carbocycles. The second-order valence-electron chi connectivity index (χ2n) is 3.95. The van der Waals surface area contributed by atoms with Gasteiger partial charge in [-0.25, -0.2) is 4.39 Å². The number of anilines is 1. The number of benzene rings is 2. The lowest BCUT2D eigenvalue weighted by atomic mass is 10.2. The molecule has 2 rings (SSSR count). The Morgan fingerprint density at radius 1 is 1.18 bits per heavy atom. The van der Waals surface area contributed by atoms with Crippen molar-refractivity contribution in [2.24, 2.45) is 0 Å². The average molecular weight is 247 g/mol. The predicted molar refractivity (Wildman–Crippen MR) is 71.6 cm³/mol. The first-order valence-corrected chi connectivity index (χ1v) is 6.37. The fourth-order valence-electron chi connectivity index (χ4n) is 1.56. The summed E-state index contributed by atoms with van der Waals surface area (Å²) in [5, 5.41) is 0. The van der Waals surface area contributed by atoms with Crippen LogP contribution in [0.15, 0.2) is 47.4 Å². The van der Waals surface area contributed by atoms with Crippen molar-refractivity contribution in [3.8, 4) is 0 Å². The minimum atomic E-state index is -0.285. The zero-order valence-electron chi connectivity index (χ0n) is 9.61. The zero-order chi connectivity index (χ0) is 12.3. The molecule has 0 amide bonds. The van der Waals surface area contributed by atoms with Crippen molar-refractivity contribution in [1.29, 1.82) is 0 Å². The van der Waals surface area contributed by atoms with Crippen LogP contribution in [0.1, 0.15) is 11.1 Å². The minimum absolute atomic E-state index is 0.285. The van der Waals surface area contributed by atoms with Crippen LogP contribution in [0.2, 0.25) is 0 Å². The maximum Gasteiger partial charge on any atom is 0.125 e. The Morgan fingerprint density at radius 2 is 2.00 bits per heavy atom. The number of nitrogen functional groups attached to an aromatic ring is 1. The van der Waals surface area contributed by atoms with Crippen molar-refractivity contribution in [2.75, 3.05) is 5.73 Å². The SMILES string of the molecule is Cc1cccc(SCc2ccc(F)cc2N)c1. The van der Waals surface area contributed by atoms with Gasteiger partial charge in [0.25, 0.3) is 0 Å². The Kier molecular flexibility index (Phi) is 3.69. The largest absolute Gasteiger partial charge is 0.398 e. The smallest absolute Gasteiger partial charge is 0.125 e. The molecule has 0 radical (unpaired) electrons. The molecule has 0 saturated heterocycles. The highest BCUT2D eigenvalue weighted by Gasteiger charge is 2.02. The molecular formula is C14H14FNS. The van der Waals surface area contributed by atoms with Gasteiger partial charge in [-0.2, -0.15) is 0 Å². The van der Waals surface area contributed by atoms with Crippen LogP contribution in [0.3, 0.4) is 0 Å². The molecule has 2 aromatic rings. The number of halogens is 1. The average Bonchev–Trinajstić information content (AvgIpc) is 2.28. The second-order valence-corrected chi connectivity index (χ2v) is 5.00. The molecule has 17 heavy (non-hydrogen) atoms. The van der Waals surface area contributed by atoms with Gasteiger partial charge < -0.3 is 5.73 Å². The topological polar surface area (TPSA) is 26.0 Å². The molecular weight excluding hydrogens is 233 g/mol. The molecule has 0 aromatic heterocycles. The molecule has 0 aliphatic rings. The molecule has 2 N–H and O–H groups in total. The standard InChI is InChI=1S/C14H14FNS/c1-10-3-2-4-13(7-10)17-9-11-5-6-12(15)8-14(11)16/h2-8H,9,16H2,1H3.